The quantitative estimate of drug-likeness (QED) is 0.453. The number of carbonyl (C=O) groups is 1. The zero-order valence-corrected chi connectivity index (χ0v) is 15.9. The first-order valence-corrected chi connectivity index (χ1v) is 9.15. The molecule has 132 valence electrons. The van der Waals surface area contributed by atoms with Crippen LogP contribution in [0.2, 0.25) is 0 Å². The number of hydrogen-bond acceptors (Lipinski definition) is 5. The maximum Gasteiger partial charge on any atom is 0.419 e. The van der Waals surface area contributed by atoms with Gasteiger partial charge in [0.1, 0.15) is 16.6 Å². The van der Waals surface area contributed by atoms with E-state index in [2.05, 4.69) is 8.75 Å². The van der Waals surface area contributed by atoms with Gasteiger partial charge in [0.25, 0.3) is 0 Å². The van der Waals surface area contributed by atoms with Crippen LogP contribution < -0.4 is 0 Å². The largest absolute Gasteiger partial charge is 0.443 e. The first-order chi connectivity index (χ1) is 12.4. The van der Waals surface area contributed by atoms with E-state index in [0.717, 1.165) is 38.8 Å². The summed E-state index contributed by atoms with van der Waals surface area (Å²) in [5.41, 5.74) is 4.58. The number of para-hydroxylation sites is 1. The molecule has 0 aliphatic carbocycles. The second kappa shape index (κ2) is 5.92. The van der Waals surface area contributed by atoms with E-state index < -0.39 is 11.7 Å². The van der Waals surface area contributed by atoms with Crippen LogP contribution in [0.1, 0.15) is 26.3 Å². The molecule has 2 aromatic carbocycles. The molecule has 0 bridgehead atoms. The number of ether oxygens (including phenoxy) is 1. The molecule has 0 N–H and O–H groups in total. The molecule has 4 rings (SSSR count). The van der Waals surface area contributed by atoms with Gasteiger partial charge in [-0.1, -0.05) is 30.3 Å². The molecule has 0 aliphatic heterocycles. The van der Waals surface area contributed by atoms with Crippen LogP contribution in [0.3, 0.4) is 0 Å². The van der Waals surface area contributed by atoms with Gasteiger partial charge in [-0.15, -0.1) is 0 Å². The molecule has 2 heterocycles. The zero-order valence-electron chi connectivity index (χ0n) is 15.1. The lowest BCUT2D eigenvalue weighted by atomic mass is 10.1. The molecule has 0 atom stereocenters. The van der Waals surface area contributed by atoms with Crippen molar-refractivity contribution in [2.75, 3.05) is 0 Å². The Morgan fingerprint density at radius 1 is 1.08 bits per heavy atom. The number of hydrogen-bond donors (Lipinski definition) is 0. The van der Waals surface area contributed by atoms with E-state index in [1.165, 1.54) is 11.7 Å². The summed E-state index contributed by atoms with van der Waals surface area (Å²) in [6.45, 7) is 7.63. The lowest BCUT2D eigenvalue weighted by Gasteiger charge is -2.21. The van der Waals surface area contributed by atoms with E-state index in [1.54, 1.807) is 4.57 Å². The number of nitrogens with zero attached hydrogens (tertiary/aromatic N) is 3. The van der Waals surface area contributed by atoms with Crippen molar-refractivity contribution in [1.82, 2.24) is 13.3 Å². The van der Waals surface area contributed by atoms with Crippen molar-refractivity contribution < 1.29 is 9.53 Å². The Bertz CT molecular complexity index is 1140. The molecular formula is C20H19N3O2S. The molecule has 0 aliphatic rings. The molecule has 0 spiro atoms. The smallest absolute Gasteiger partial charge is 0.419 e. The number of benzene rings is 2. The summed E-state index contributed by atoms with van der Waals surface area (Å²) in [5, 5.41) is 1.02. The zero-order chi connectivity index (χ0) is 18.5. The van der Waals surface area contributed by atoms with Crippen LogP contribution in [0.4, 0.5) is 4.79 Å². The van der Waals surface area contributed by atoms with E-state index in [-0.39, 0.29) is 0 Å². The van der Waals surface area contributed by atoms with E-state index >= 15 is 0 Å². The first-order valence-electron chi connectivity index (χ1n) is 8.42. The van der Waals surface area contributed by atoms with Crippen molar-refractivity contribution >= 4 is 39.8 Å². The van der Waals surface area contributed by atoms with Crippen molar-refractivity contribution in [3.8, 4) is 11.3 Å². The minimum Gasteiger partial charge on any atom is -0.443 e. The summed E-state index contributed by atoms with van der Waals surface area (Å²) in [5.74, 6) is 0. The van der Waals surface area contributed by atoms with Crippen molar-refractivity contribution in [3.63, 3.8) is 0 Å². The van der Waals surface area contributed by atoms with E-state index in [4.69, 9.17) is 4.74 Å². The third kappa shape index (κ3) is 2.66. The summed E-state index contributed by atoms with van der Waals surface area (Å²) in [6, 6.07) is 13.7. The molecule has 6 heteroatoms. The Hall–Kier alpha value is -2.73. The number of rotatable bonds is 1. The van der Waals surface area contributed by atoms with Gasteiger partial charge in [0.2, 0.25) is 0 Å². The topological polar surface area (TPSA) is 57.0 Å². The van der Waals surface area contributed by atoms with Gasteiger partial charge in [-0.3, -0.25) is 0 Å². The predicted molar refractivity (Wildman–Crippen MR) is 105 cm³/mol. The predicted octanol–water partition coefficient (Wildman–Crippen LogP) is 5.40. The monoisotopic (exact) mass is 365 g/mol. The highest BCUT2D eigenvalue weighted by molar-refractivity contribution is 7.00. The van der Waals surface area contributed by atoms with Crippen molar-refractivity contribution in [2.24, 2.45) is 0 Å². The van der Waals surface area contributed by atoms with Crippen molar-refractivity contribution in [3.05, 3.63) is 48.0 Å². The average Bonchev–Trinajstić information content (AvgIpc) is 3.16. The molecule has 0 amide bonds. The maximum atomic E-state index is 13.1. The van der Waals surface area contributed by atoms with Crippen LogP contribution in [0.25, 0.3) is 33.2 Å². The van der Waals surface area contributed by atoms with Crippen LogP contribution in [0, 0.1) is 6.92 Å². The van der Waals surface area contributed by atoms with Crippen LogP contribution in [-0.4, -0.2) is 25.0 Å². The molecule has 0 radical (unpaired) electrons. The number of fused-ring (bicyclic) bond motifs is 2. The first kappa shape index (κ1) is 16.7. The second-order valence-corrected chi connectivity index (χ2v) is 7.77. The van der Waals surface area contributed by atoms with Crippen molar-refractivity contribution in [1.29, 1.82) is 0 Å². The summed E-state index contributed by atoms with van der Waals surface area (Å²) >= 11 is 1.17. The molecule has 2 aromatic heterocycles. The van der Waals surface area contributed by atoms with Crippen LogP contribution in [0.5, 0.6) is 0 Å². The number of aryl methyl sites for hydroxylation is 1. The minimum atomic E-state index is -0.582. The van der Waals surface area contributed by atoms with Gasteiger partial charge in [-0.2, -0.15) is 8.75 Å². The van der Waals surface area contributed by atoms with Gasteiger partial charge < -0.3 is 4.74 Å². The molecule has 0 saturated carbocycles. The molecular weight excluding hydrogens is 346 g/mol. The van der Waals surface area contributed by atoms with Gasteiger partial charge in [0.05, 0.1) is 22.9 Å². The van der Waals surface area contributed by atoms with Crippen LogP contribution >= 0.6 is 11.7 Å². The summed E-state index contributed by atoms with van der Waals surface area (Å²) in [4.78, 5) is 13.1. The third-order valence-corrected chi connectivity index (χ3v) is 4.79. The van der Waals surface area contributed by atoms with Gasteiger partial charge in [-0.25, -0.2) is 9.36 Å². The lowest BCUT2D eigenvalue weighted by Crippen LogP contribution is -2.27. The molecule has 26 heavy (non-hydrogen) atoms. The minimum absolute atomic E-state index is 0.392. The second-order valence-electron chi connectivity index (χ2n) is 7.24. The van der Waals surface area contributed by atoms with Crippen LogP contribution in [0.15, 0.2) is 42.5 Å². The Morgan fingerprint density at radius 2 is 1.85 bits per heavy atom. The Labute approximate surface area is 155 Å². The third-order valence-electron chi connectivity index (χ3n) is 4.24. The standard InChI is InChI=1S/C20H19N3O2S/c1-12-13-8-5-6-11-16(13)23(19(24)25-20(2,3)4)18(12)14-9-7-10-15-17(14)22-26-21-15/h5-11H,1-4H3. The summed E-state index contributed by atoms with van der Waals surface area (Å²) < 4.78 is 16.1. The van der Waals surface area contributed by atoms with Gasteiger partial charge >= 0.3 is 6.09 Å². The summed E-state index contributed by atoms with van der Waals surface area (Å²) in [7, 11) is 0. The Kier molecular flexibility index (Phi) is 3.80. The van der Waals surface area contributed by atoms with E-state index in [1.807, 2.05) is 70.2 Å². The lowest BCUT2D eigenvalue weighted by molar-refractivity contribution is 0.0547. The fourth-order valence-corrected chi connectivity index (χ4v) is 3.77. The van der Waals surface area contributed by atoms with Crippen LogP contribution in [-0.2, 0) is 4.74 Å². The molecule has 0 unspecified atom stereocenters. The fourth-order valence-electron chi connectivity index (χ4n) is 3.22. The normalized spacial score (nSPS) is 12.0. The Balaban J connectivity index is 2.06. The van der Waals surface area contributed by atoms with Gasteiger partial charge in [-0.05, 0) is 45.4 Å². The molecule has 0 saturated heterocycles. The highest BCUT2D eigenvalue weighted by Gasteiger charge is 2.26. The average molecular weight is 365 g/mol. The Morgan fingerprint density at radius 3 is 2.62 bits per heavy atom. The molecule has 5 nitrogen and oxygen atoms in total. The van der Waals surface area contributed by atoms with E-state index in [0.29, 0.717) is 0 Å². The summed E-state index contributed by atoms with van der Waals surface area (Å²) in [6.07, 6.45) is -0.392. The number of carbonyl (C=O) groups excluding carboxylic acids is 1. The van der Waals surface area contributed by atoms with Gasteiger partial charge in [0, 0.05) is 10.9 Å². The SMILES string of the molecule is Cc1c(-c2cccc3nsnc23)n(C(=O)OC(C)(C)C)c2ccccc12. The highest BCUT2D eigenvalue weighted by Crippen LogP contribution is 2.36. The molecule has 0 fully saturated rings. The maximum absolute atomic E-state index is 13.1. The van der Waals surface area contributed by atoms with Gasteiger partial charge in [0.15, 0.2) is 0 Å². The van der Waals surface area contributed by atoms with Crippen molar-refractivity contribution in [2.45, 2.75) is 33.3 Å². The number of aromatic nitrogens is 3. The fraction of sp³-hybridized carbons (Fsp3) is 0.250. The highest BCUT2D eigenvalue weighted by atomic mass is 32.1. The molecule has 4 aromatic rings. The van der Waals surface area contributed by atoms with E-state index in [9.17, 15) is 4.79 Å².